The highest BCUT2D eigenvalue weighted by molar-refractivity contribution is 5.99. The molecule has 2 rings (SSSR count). The van der Waals surface area contributed by atoms with Gasteiger partial charge >= 0.3 is 0 Å². The summed E-state index contributed by atoms with van der Waals surface area (Å²) in [6, 6.07) is 5.89. The Kier molecular flexibility index (Phi) is 3.55. The van der Waals surface area contributed by atoms with Crippen LogP contribution in [-0.4, -0.2) is 20.5 Å². The van der Waals surface area contributed by atoms with Crippen molar-refractivity contribution in [3.05, 3.63) is 47.0 Å². The van der Waals surface area contributed by atoms with E-state index in [-0.39, 0.29) is 5.78 Å². The molecule has 2 aromatic rings. The molecule has 94 valence electrons. The maximum absolute atomic E-state index is 12.3. The monoisotopic (exact) mass is 243 g/mol. The number of nitrogens with zero attached hydrogens (tertiary/aromatic N) is 3. The lowest BCUT2D eigenvalue weighted by Crippen LogP contribution is -2.13. The fraction of sp³-hybridized carbons (Fsp3) is 0.357. The van der Waals surface area contributed by atoms with E-state index < -0.39 is 0 Å². The zero-order chi connectivity index (χ0) is 13.1. The first-order valence-electron chi connectivity index (χ1n) is 6.09. The summed E-state index contributed by atoms with van der Waals surface area (Å²) in [5, 5.41) is 4.08. The molecule has 1 heterocycles. The topological polar surface area (TPSA) is 47.8 Å². The van der Waals surface area contributed by atoms with Crippen molar-refractivity contribution in [1.29, 1.82) is 0 Å². The van der Waals surface area contributed by atoms with Gasteiger partial charge in [0.1, 0.15) is 12.2 Å². The highest BCUT2D eigenvalue weighted by Gasteiger charge is 2.15. The van der Waals surface area contributed by atoms with Crippen molar-refractivity contribution in [2.75, 3.05) is 0 Å². The second-order valence-electron chi connectivity index (χ2n) is 4.36. The van der Waals surface area contributed by atoms with Crippen LogP contribution in [0.4, 0.5) is 0 Å². The van der Waals surface area contributed by atoms with Gasteiger partial charge in [0.05, 0.1) is 6.42 Å². The van der Waals surface area contributed by atoms with Crippen LogP contribution < -0.4 is 0 Å². The van der Waals surface area contributed by atoms with Gasteiger partial charge in [-0.1, -0.05) is 18.2 Å². The molecule has 1 aromatic heterocycles. The Balaban J connectivity index is 2.28. The van der Waals surface area contributed by atoms with Crippen LogP contribution in [0.1, 0.15) is 34.2 Å². The van der Waals surface area contributed by atoms with E-state index >= 15 is 0 Å². The summed E-state index contributed by atoms with van der Waals surface area (Å²) < 4.78 is 1.76. The van der Waals surface area contributed by atoms with E-state index in [1.54, 1.807) is 4.68 Å². The van der Waals surface area contributed by atoms with E-state index in [4.69, 9.17) is 0 Å². The Morgan fingerprint density at radius 1 is 1.28 bits per heavy atom. The van der Waals surface area contributed by atoms with Gasteiger partial charge in [0, 0.05) is 12.1 Å². The minimum absolute atomic E-state index is 0.105. The van der Waals surface area contributed by atoms with Gasteiger partial charge in [0.15, 0.2) is 5.78 Å². The number of carbonyl (C=O) groups is 1. The van der Waals surface area contributed by atoms with Gasteiger partial charge < -0.3 is 0 Å². The fourth-order valence-electron chi connectivity index (χ4n) is 2.18. The molecule has 0 bridgehead atoms. The summed E-state index contributed by atoms with van der Waals surface area (Å²) in [5.41, 5.74) is 2.84. The smallest absolute Gasteiger partial charge is 0.170 e. The second-order valence-corrected chi connectivity index (χ2v) is 4.36. The molecule has 0 saturated carbocycles. The SMILES string of the molecule is CCn1ncnc1CC(=O)c1c(C)cccc1C. The number of rotatable bonds is 4. The van der Waals surface area contributed by atoms with Crippen molar-refractivity contribution < 1.29 is 4.79 Å². The van der Waals surface area contributed by atoms with Crippen molar-refractivity contribution in [3.8, 4) is 0 Å². The summed E-state index contributed by atoms with van der Waals surface area (Å²) in [4.78, 5) is 16.5. The van der Waals surface area contributed by atoms with Gasteiger partial charge in [-0.05, 0) is 31.9 Å². The highest BCUT2D eigenvalue weighted by atomic mass is 16.1. The summed E-state index contributed by atoms with van der Waals surface area (Å²) in [6.07, 6.45) is 1.80. The van der Waals surface area contributed by atoms with Crippen LogP contribution in [0.15, 0.2) is 24.5 Å². The molecule has 0 aliphatic rings. The summed E-state index contributed by atoms with van der Waals surface area (Å²) in [5.74, 6) is 0.832. The third kappa shape index (κ3) is 2.32. The molecule has 1 aromatic carbocycles. The van der Waals surface area contributed by atoms with E-state index in [0.29, 0.717) is 6.42 Å². The summed E-state index contributed by atoms with van der Waals surface area (Å²) in [7, 11) is 0. The van der Waals surface area contributed by atoms with Crippen LogP contribution >= 0.6 is 0 Å². The van der Waals surface area contributed by atoms with Gasteiger partial charge in [0.2, 0.25) is 0 Å². The van der Waals surface area contributed by atoms with Crippen LogP contribution in [0.25, 0.3) is 0 Å². The largest absolute Gasteiger partial charge is 0.294 e. The number of hydrogen-bond donors (Lipinski definition) is 0. The van der Waals surface area contributed by atoms with Crippen molar-refractivity contribution in [3.63, 3.8) is 0 Å². The van der Waals surface area contributed by atoms with Crippen LogP contribution in [0.5, 0.6) is 0 Å². The molecule has 0 N–H and O–H groups in total. The van der Waals surface area contributed by atoms with Crippen molar-refractivity contribution in [2.24, 2.45) is 0 Å². The van der Waals surface area contributed by atoms with Gasteiger partial charge in [-0.2, -0.15) is 5.10 Å². The molecule has 0 aliphatic heterocycles. The van der Waals surface area contributed by atoms with E-state index in [9.17, 15) is 4.79 Å². The second kappa shape index (κ2) is 5.12. The molecule has 4 nitrogen and oxygen atoms in total. The normalized spacial score (nSPS) is 10.6. The molecule has 0 spiro atoms. The minimum Gasteiger partial charge on any atom is -0.294 e. The first-order chi connectivity index (χ1) is 8.63. The number of carbonyl (C=O) groups excluding carboxylic acids is 1. The number of aromatic nitrogens is 3. The number of benzene rings is 1. The lowest BCUT2D eigenvalue weighted by molar-refractivity contribution is 0.0988. The van der Waals surface area contributed by atoms with Gasteiger partial charge in [-0.3, -0.25) is 4.79 Å². The van der Waals surface area contributed by atoms with E-state index in [1.807, 2.05) is 39.0 Å². The maximum atomic E-state index is 12.3. The van der Waals surface area contributed by atoms with Crippen LogP contribution in [-0.2, 0) is 13.0 Å². The number of ketones is 1. The molecular weight excluding hydrogens is 226 g/mol. The highest BCUT2D eigenvalue weighted by Crippen LogP contribution is 2.15. The van der Waals surface area contributed by atoms with Crippen LogP contribution in [0.2, 0.25) is 0 Å². The Morgan fingerprint density at radius 3 is 2.56 bits per heavy atom. The molecule has 0 amide bonds. The molecule has 0 aliphatic carbocycles. The minimum atomic E-state index is 0.105. The predicted molar refractivity (Wildman–Crippen MR) is 69.6 cm³/mol. The van der Waals surface area contributed by atoms with Gasteiger partial charge in [-0.25, -0.2) is 9.67 Å². The zero-order valence-electron chi connectivity index (χ0n) is 11.0. The quantitative estimate of drug-likeness (QED) is 0.774. The Bertz CT molecular complexity index is 552. The fourth-order valence-corrected chi connectivity index (χ4v) is 2.18. The van der Waals surface area contributed by atoms with E-state index in [2.05, 4.69) is 10.1 Å². The molecule has 0 fully saturated rings. The van der Waals surface area contributed by atoms with E-state index in [0.717, 1.165) is 29.1 Å². The van der Waals surface area contributed by atoms with Crippen molar-refractivity contribution in [2.45, 2.75) is 33.7 Å². The number of aryl methyl sites for hydroxylation is 3. The van der Waals surface area contributed by atoms with Gasteiger partial charge in [0.25, 0.3) is 0 Å². The molecule has 4 heteroatoms. The Labute approximate surface area is 107 Å². The Hall–Kier alpha value is -1.97. The molecule has 18 heavy (non-hydrogen) atoms. The third-order valence-electron chi connectivity index (χ3n) is 3.07. The predicted octanol–water partition coefficient (Wildman–Crippen LogP) is 2.34. The lowest BCUT2D eigenvalue weighted by Gasteiger charge is -2.08. The zero-order valence-corrected chi connectivity index (χ0v) is 11.0. The standard InChI is InChI=1S/C14H17N3O/c1-4-17-13(15-9-16-17)8-12(18)14-10(2)6-5-7-11(14)3/h5-7,9H,4,8H2,1-3H3. The summed E-state index contributed by atoms with van der Waals surface area (Å²) in [6.45, 7) is 6.65. The van der Waals surface area contributed by atoms with Gasteiger partial charge in [-0.15, -0.1) is 0 Å². The molecule has 0 atom stereocenters. The van der Waals surface area contributed by atoms with Crippen LogP contribution in [0, 0.1) is 13.8 Å². The Morgan fingerprint density at radius 2 is 1.94 bits per heavy atom. The molecular formula is C14H17N3O. The lowest BCUT2D eigenvalue weighted by atomic mass is 9.97. The average molecular weight is 243 g/mol. The number of Topliss-reactive ketones (excluding diaryl/α,β-unsaturated/α-hetero) is 1. The first kappa shape index (κ1) is 12.5. The van der Waals surface area contributed by atoms with Crippen LogP contribution in [0.3, 0.4) is 0 Å². The number of hydrogen-bond acceptors (Lipinski definition) is 3. The van der Waals surface area contributed by atoms with E-state index in [1.165, 1.54) is 6.33 Å². The molecule has 0 unspecified atom stereocenters. The van der Waals surface area contributed by atoms with Crippen molar-refractivity contribution in [1.82, 2.24) is 14.8 Å². The molecule has 0 saturated heterocycles. The van der Waals surface area contributed by atoms with Crippen molar-refractivity contribution >= 4 is 5.78 Å². The maximum Gasteiger partial charge on any atom is 0.170 e. The third-order valence-corrected chi connectivity index (χ3v) is 3.07. The average Bonchev–Trinajstić information content (AvgIpc) is 2.76. The summed E-state index contributed by atoms with van der Waals surface area (Å²) >= 11 is 0. The molecule has 0 radical (unpaired) electrons. The first-order valence-corrected chi connectivity index (χ1v) is 6.09.